The molecular formula is C25H32N8O3. The Morgan fingerprint density at radius 3 is 2.56 bits per heavy atom. The van der Waals surface area contributed by atoms with Crippen LogP contribution in [0.4, 0.5) is 5.69 Å². The average Bonchev–Trinajstić information content (AvgIpc) is 3.76. The summed E-state index contributed by atoms with van der Waals surface area (Å²) in [5.41, 5.74) is 1.91. The molecule has 1 atom stereocenters. The maximum absolute atomic E-state index is 13.6. The molecule has 5 rings (SSSR count). The first-order valence-corrected chi connectivity index (χ1v) is 12.5. The Balaban J connectivity index is 1.33. The molecule has 2 saturated carbocycles. The van der Waals surface area contributed by atoms with E-state index in [9.17, 15) is 14.4 Å². The van der Waals surface area contributed by atoms with Gasteiger partial charge in [-0.3, -0.25) is 23.7 Å². The molecule has 0 unspecified atom stereocenters. The number of carbonyl (C=O) groups excluding carboxylic acids is 2. The monoisotopic (exact) mass is 492 g/mol. The van der Waals surface area contributed by atoms with Gasteiger partial charge in [-0.1, -0.05) is 0 Å². The van der Waals surface area contributed by atoms with Gasteiger partial charge in [0.05, 0.1) is 24.1 Å². The first-order chi connectivity index (χ1) is 17.3. The summed E-state index contributed by atoms with van der Waals surface area (Å²) in [5, 5.41) is 20.9. The number of nitrogens with one attached hydrogen (secondary N) is 3. The van der Waals surface area contributed by atoms with Crippen molar-refractivity contribution in [3.63, 3.8) is 0 Å². The van der Waals surface area contributed by atoms with Gasteiger partial charge in [0, 0.05) is 24.0 Å². The zero-order valence-corrected chi connectivity index (χ0v) is 20.8. The number of hydrogen-bond donors (Lipinski definition) is 3. The maximum Gasteiger partial charge on any atom is 0.270 e. The molecule has 11 nitrogen and oxygen atoms in total. The molecule has 2 aliphatic rings. The van der Waals surface area contributed by atoms with Crippen LogP contribution in [0.25, 0.3) is 0 Å². The molecule has 11 heteroatoms. The van der Waals surface area contributed by atoms with Gasteiger partial charge in [0.25, 0.3) is 11.5 Å². The van der Waals surface area contributed by atoms with Crippen LogP contribution in [0.15, 0.2) is 35.5 Å². The number of rotatable bonds is 10. The van der Waals surface area contributed by atoms with Gasteiger partial charge in [-0.2, -0.15) is 15.3 Å². The number of carbonyl (C=O) groups is 2. The third kappa shape index (κ3) is 5.24. The first-order valence-electron chi connectivity index (χ1n) is 12.5. The zero-order valence-electron chi connectivity index (χ0n) is 20.8. The molecule has 0 aliphatic heterocycles. The second-order valence-electron chi connectivity index (χ2n) is 10.2. The molecule has 2 aliphatic carbocycles. The van der Waals surface area contributed by atoms with Crippen LogP contribution in [0.3, 0.4) is 0 Å². The smallest absolute Gasteiger partial charge is 0.270 e. The number of aryl methyl sites for hydroxylation is 1. The van der Waals surface area contributed by atoms with Crippen LogP contribution >= 0.6 is 0 Å². The highest BCUT2D eigenvalue weighted by molar-refractivity contribution is 6.00. The van der Waals surface area contributed by atoms with E-state index < -0.39 is 6.04 Å². The van der Waals surface area contributed by atoms with Crippen LogP contribution in [0.1, 0.15) is 67.3 Å². The highest BCUT2D eigenvalue weighted by Crippen LogP contribution is 2.50. The van der Waals surface area contributed by atoms with Crippen molar-refractivity contribution in [3.8, 4) is 0 Å². The summed E-state index contributed by atoms with van der Waals surface area (Å²) in [4.78, 5) is 38.9. The highest BCUT2D eigenvalue weighted by Gasteiger charge is 2.48. The normalized spacial score (nSPS) is 16.4. The van der Waals surface area contributed by atoms with E-state index >= 15 is 0 Å². The summed E-state index contributed by atoms with van der Waals surface area (Å²) in [6, 6.07) is 2.77. The van der Waals surface area contributed by atoms with Crippen molar-refractivity contribution in [2.75, 3.05) is 5.32 Å². The minimum Gasteiger partial charge on any atom is -0.339 e. The third-order valence-corrected chi connectivity index (χ3v) is 6.92. The van der Waals surface area contributed by atoms with Crippen LogP contribution in [-0.4, -0.2) is 47.6 Å². The molecular weight excluding hydrogens is 460 g/mol. The van der Waals surface area contributed by atoms with E-state index in [1.54, 1.807) is 47.0 Å². The maximum atomic E-state index is 13.6. The molecule has 0 bridgehead atoms. The summed E-state index contributed by atoms with van der Waals surface area (Å²) in [6.45, 7) is 5.97. The standard InChI is InChI=1S/C25H32N8O3/c1-14(2)33-20(8-9-26-33)24(35)29-22(21(16-4-5-16)17-6-7-17)25(36)28-19-11-27-32(13-19)12-18-10-15(3)30-31-23(18)34/h8-11,13-14,16-17,21-22H,4-7,12H2,1-3H3,(H,28,36)(H,29,35)(H,31,34)/t22-/m0/s1. The van der Waals surface area contributed by atoms with Crippen molar-refractivity contribution in [2.24, 2.45) is 17.8 Å². The van der Waals surface area contributed by atoms with Crippen LogP contribution in [0.5, 0.6) is 0 Å². The lowest BCUT2D eigenvalue weighted by atomic mass is 9.88. The number of amides is 2. The van der Waals surface area contributed by atoms with Crippen molar-refractivity contribution < 1.29 is 9.59 Å². The predicted molar refractivity (Wildman–Crippen MR) is 132 cm³/mol. The van der Waals surface area contributed by atoms with Gasteiger partial charge in [0.1, 0.15) is 11.7 Å². The van der Waals surface area contributed by atoms with Crippen LogP contribution in [-0.2, 0) is 11.3 Å². The molecule has 3 aromatic rings. The Bertz CT molecular complexity index is 1300. The first kappa shape index (κ1) is 24.0. The molecule has 36 heavy (non-hydrogen) atoms. The Morgan fingerprint density at radius 2 is 1.89 bits per heavy atom. The predicted octanol–water partition coefficient (Wildman–Crippen LogP) is 2.27. The molecule has 0 spiro atoms. The number of anilines is 1. The van der Waals surface area contributed by atoms with Crippen molar-refractivity contribution in [2.45, 2.75) is 65.1 Å². The molecule has 0 radical (unpaired) electrons. The molecule has 0 saturated heterocycles. The van der Waals surface area contributed by atoms with E-state index in [1.165, 1.54) is 0 Å². The lowest BCUT2D eigenvalue weighted by Gasteiger charge is -2.27. The largest absolute Gasteiger partial charge is 0.339 e. The summed E-state index contributed by atoms with van der Waals surface area (Å²) in [6.07, 6.45) is 9.18. The van der Waals surface area contributed by atoms with Crippen molar-refractivity contribution in [3.05, 3.63) is 58.0 Å². The molecule has 3 aromatic heterocycles. The fourth-order valence-corrected chi connectivity index (χ4v) is 4.94. The van der Waals surface area contributed by atoms with E-state index in [-0.39, 0.29) is 35.9 Å². The fraction of sp³-hybridized carbons (Fsp3) is 0.520. The number of aromatic amines is 1. The van der Waals surface area contributed by atoms with Crippen molar-refractivity contribution in [1.82, 2.24) is 35.1 Å². The summed E-state index contributed by atoms with van der Waals surface area (Å²) < 4.78 is 3.26. The Labute approximate surface area is 208 Å². The van der Waals surface area contributed by atoms with Gasteiger partial charge >= 0.3 is 0 Å². The number of hydrogen-bond acceptors (Lipinski definition) is 6. The topological polar surface area (TPSA) is 140 Å². The van der Waals surface area contributed by atoms with Gasteiger partial charge in [-0.25, -0.2) is 5.10 Å². The minimum absolute atomic E-state index is 0.0259. The van der Waals surface area contributed by atoms with E-state index in [0.29, 0.717) is 34.5 Å². The third-order valence-electron chi connectivity index (χ3n) is 6.92. The summed E-state index contributed by atoms with van der Waals surface area (Å²) in [5.74, 6) is 0.467. The van der Waals surface area contributed by atoms with Crippen molar-refractivity contribution in [1.29, 1.82) is 0 Å². The molecule has 3 heterocycles. The number of H-pyrrole nitrogens is 1. The summed E-state index contributed by atoms with van der Waals surface area (Å²) >= 11 is 0. The van der Waals surface area contributed by atoms with Crippen LogP contribution in [0.2, 0.25) is 0 Å². The van der Waals surface area contributed by atoms with E-state index in [1.807, 2.05) is 13.8 Å². The van der Waals surface area contributed by atoms with Gasteiger partial charge in [-0.15, -0.1) is 0 Å². The minimum atomic E-state index is -0.651. The molecule has 3 N–H and O–H groups in total. The quantitative estimate of drug-likeness (QED) is 0.397. The van der Waals surface area contributed by atoms with Gasteiger partial charge in [-0.05, 0) is 76.3 Å². The second kappa shape index (κ2) is 9.71. The average molecular weight is 493 g/mol. The van der Waals surface area contributed by atoms with E-state index in [0.717, 1.165) is 25.7 Å². The second-order valence-corrected chi connectivity index (χ2v) is 10.2. The Morgan fingerprint density at radius 1 is 1.17 bits per heavy atom. The highest BCUT2D eigenvalue weighted by atomic mass is 16.2. The summed E-state index contributed by atoms with van der Waals surface area (Å²) in [7, 11) is 0. The van der Waals surface area contributed by atoms with E-state index in [2.05, 4.69) is 31.0 Å². The molecule has 190 valence electrons. The fourth-order valence-electron chi connectivity index (χ4n) is 4.94. The number of nitrogens with zero attached hydrogens (tertiary/aromatic N) is 5. The van der Waals surface area contributed by atoms with Crippen LogP contribution in [0, 0.1) is 24.7 Å². The van der Waals surface area contributed by atoms with E-state index in [4.69, 9.17) is 0 Å². The molecule has 2 fully saturated rings. The zero-order chi connectivity index (χ0) is 25.4. The lowest BCUT2D eigenvalue weighted by Crippen LogP contribution is -2.50. The van der Waals surface area contributed by atoms with Gasteiger partial charge < -0.3 is 10.6 Å². The van der Waals surface area contributed by atoms with Crippen molar-refractivity contribution >= 4 is 17.5 Å². The Kier molecular flexibility index (Phi) is 6.46. The number of aromatic nitrogens is 6. The SMILES string of the molecule is Cc1cc(Cn2cc(NC(=O)[C@@H](NC(=O)c3ccnn3C(C)C)C(C3CC3)C3CC3)cn2)c(=O)[nH]n1. The molecule has 0 aromatic carbocycles. The van der Waals surface area contributed by atoms with Gasteiger partial charge in [0.2, 0.25) is 5.91 Å². The van der Waals surface area contributed by atoms with Gasteiger partial charge in [0.15, 0.2) is 0 Å². The van der Waals surface area contributed by atoms with Crippen LogP contribution < -0.4 is 16.2 Å². The molecule has 2 amide bonds. The lowest BCUT2D eigenvalue weighted by molar-refractivity contribution is -0.119. The Hall–Kier alpha value is -3.76.